The van der Waals surface area contributed by atoms with Gasteiger partial charge in [0.25, 0.3) is 0 Å². The van der Waals surface area contributed by atoms with E-state index >= 15 is 0 Å². The minimum Gasteiger partial charge on any atom is -0.462 e. The van der Waals surface area contributed by atoms with Crippen LogP contribution < -0.4 is 0 Å². The van der Waals surface area contributed by atoms with Gasteiger partial charge >= 0.3 is 5.97 Å². The minimum absolute atomic E-state index is 0.0514. The van der Waals surface area contributed by atoms with E-state index in [-0.39, 0.29) is 24.7 Å². The zero-order valence-corrected chi connectivity index (χ0v) is 13.1. The van der Waals surface area contributed by atoms with Crippen molar-refractivity contribution in [3.05, 3.63) is 29.8 Å². The molecule has 0 bridgehead atoms. The summed E-state index contributed by atoms with van der Waals surface area (Å²) < 4.78 is 30.9. The van der Waals surface area contributed by atoms with Crippen LogP contribution in [0.15, 0.2) is 29.2 Å². The van der Waals surface area contributed by atoms with Gasteiger partial charge in [0.2, 0.25) is 10.0 Å². The Hall–Kier alpha value is -1.44. The van der Waals surface area contributed by atoms with Crippen LogP contribution >= 0.6 is 0 Å². The molecule has 6 nitrogen and oxygen atoms in total. The van der Waals surface area contributed by atoms with E-state index in [1.54, 1.807) is 6.92 Å². The predicted octanol–water partition coefficient (Wildman–Crippen LogP) is 1.26. The van der Waals surface area contributed by atoms with Crippen molar-refractivity contribution in [3.63, 3.8) is 0 Å². The molecule has 7 heteroatoms. The number of rotatable bonds is 8. The highest BCUT2D eigenvalue weighted by Gasteiger charge is 2.23. The predicted molar refractivity (Wildman–Crippen MR) is 78.5 cm³/mol. The maximum absolute atomic E-state index is 12.4. The molecule has 0 atom stereocenters. The number of aliphatic hydroxyl groups is 1. The number of aliphatic hydroxyl groups excluding tert-OH is 1. The van der Waals surface area contributed by atoms with Gasteiger partial charge < -0.3 is 9.84 Å². The maximum Gasteiger partial charge on any atom is 0.338 e. The van der Waals surface area contributed by atoms with Crippen LogP contribution in [0.4, 0.5) is 0 Å². The van der Waals surface area contributed by atoms with Crippen molar-refractivity contribution in [1.29, 1.82) is 0 Å². The third-order valence-electron chi connectivity index (χ3n) is 2.83. The number of sulfonamides is 1. The topological polar surface area (TPSA) is 83.9 Å². The van der Waals surface area contributed by atoms with Crippen molar-refractivity contribution in [2.24, 2.45) is 0 Å². The van der Waals surface area contributed by atoms with Gasteiger partial charge in [-0.2, -0.15) is 4.31 Å². The third-order valence-corrected chi connectivity index (χ3v) is 4.74. The third kappa shape index (κ3) is 4.52. The number of esters is 1. The molecule has 21 heavy (non-hydrogen) atoms. The molecule has 0 unspecified atom stereocenters. The summed E-state index contributed by atoms with van der Waals surface area (Å²) in [5.41, 5.74) is 0.306. The van der Waals surface area contributed by atoms with Gasteiger partial charge in [0.1, 0.15) is 0 Å². The summed E-state index contributed by atoms with van der Waals surface area (Å²) in [6.07, 6.45) is 0.653. The van der Waals surface area contributed by atoms with Gasteiger partial charge in [0, 0.05) is 13.1 Å². The van der Waals surface area contributed by atoms with Crippen molar-refractivity contribution in [2.75, 3.05) is 26.3 Å². The molecule has 0 aliphatic carbocycles. The van der Waals surface area contributed by atoms with E-state index in [0.29, 0.717) is 18.5 Å². The van der Waals surface area contributed by atoms with Crippen LogP contribution in [0, 0.1) is 0 Å². The number of hydrogen-bond donors (Lipinski definition) is 1. The number of benzene rings is 1. The first-order chi connectivity index (χ1) is 9.97. The summed E-state index contributed by atoms with van der Waals surface area (Å²) in [6, 6.07) is 5.60. The number of nitrogens with zero attached hydrogens (tertiary/aromatic N) is 1. The van der Waals surface area contributed by atoms with Crippen LogP contribution in [0.5, 0.6) is 0 Å². The van der Waals surface area contributed by atoms with Crippen LogP contribution in [0.3, 0.4) is 0 Å². The fourth-order valence-electron chi connectivity index (χ4n) is 1.84. The van der Waals surface area contributed by atoms with Gasteiger partial charge in [-0.15, -0.1) is 0 Å². The second-order valence-electron chi connectivity index (χ2n) is 4.37. The van der Waals surface area contributed by atoms with E-state index in [2.05, 4.69) is 0 Å². The Morgan fingerprint density at radius 1 is 1.19 bits per heavy atom. The van der Waals surface area contributed by atoms with Gasteiger partial charge in [0.15, 0.2) is 0 Å². The van der Waals surface area contributed by atoms with Gasteiger partial charge in [-0.25, -0.2) is 13.2 Å². The normalized spacial score (nSPS) is 11.6. The number of hydrogen-bond acceptors (Lipinski definition) is 5. The molecule has 0 aromatic heterocycles. The molecular formula is C14H21NO5S. The zero-order chi connectivity index (χ0) is 15.9. The van der Waals surface area contributed by atoms with Crippen LogP contribution in [-0.2, 0) is 14.8 Å². The average Bonchev–Trinajstić information content (AvgIpc) is 2.47. The lowest BCUT2D eigenvalue weighted by atomic mass is 10.2. The Morgan fingerprint density at radius 2 is 1.81 bits per heavy atom. The first-order valence-electron chi connectivity index (χ1n) is 6.85. The first-order valence-corrected chi connectivity index (χ1v) is 8.29. The molecule has 0 heterocycles. The minimum atomic E-state index is -3.66. The Morgan fingerprint density at radius 3 is 2.29 bits per heavy atom. The van der Waals surface area contributed by atoms with E-state index < -0.39 is 16.0 Å². The molecule has 0 radical (unpaired) electrons. The van der Waals surface area contributed by atoms with Gasteiger partial charge in [-0.05, 0) is 37.6 Å². The molecule has 0 amide bonds. The van der Waals surface area contributed by atoms with Crippen molar-refractivity contribution in [1.82, 2.24) is 4.31 Å². The number of carbonyl (C=O) groups excluding carboxylic acids is 1. The van der Waals surface area contributed by atoms with Crippen LogP contribution in [0.25, 0.3) is 0 Å². The molecule has 1 aromatic carbocycles. The van der Waals surface area contributed by atoms with E-state index in [0.717, 1.165) is 0 Å². The van der Waals surface area contributed by atoms with Gasteiger partial charge in [-0.3, -0.25) is 0 Å². The highest BCUT2D eigenvalue weighted by molar-refractivity contribution is 7.89. The van der Waals surface area contributed by atoms with E-state index in [9.17, 15) is 13.2 Å². The molecule has 1 N–H and O–H groups in total. The van der Waals surface area contributed by atoms with Crippen LogP contribution in [-0.4, -0.2) is 50.1 Å². The van der Waals surface area contributed by atoms with Crippen LogP contribution in [0.2, 0.25) is 0 Å². The molecule has 0 saturated carbocycles. The second kappa shape index (κ2) is 8.11. The van der Waals surface area contributed by atoms with Crippen molar-refractivity contribution in [2.45, 2.75) is 25.2 Å². The van der Waals surface area contributed by atoms with Gasteiger partial charge in [0.05, 0.1) is 23.7 Å². The fourth-order valence-corrected chi connectivity index (χ4v) is 3.36. The Balaban J connectivity index is 3.00. The van der Waals surface area contributed by atoms with Crippen LogP contribution in [0.1, 0.15) is 30.6 Å². The lowest BCUT2D eigenvalue weighted by molar-refractivity contribution is 0.0526. The molecule has 1 aromatic rings. The molecule has 0 aliphatic rings. The summed E-state index contributed by atoms with van der Waals surface area (Å²) in [6.45, 7) is 3.98. The molecular weight excluding hydrogens is 294 g/mol. The Labute approximate surface area is 125 Å². The summed E-state index contributed by atoms with van der Waals surface area (Å²) in [7, 11) is -3.66. The summed E-state index contributed by atoms with van der Waals surface area (Å²) in [4.78, 5) is 11.6. The highest BCUT2D eigenvalue weighted by Crippen LogP contribution is 2.17. The molecule has 0 fully saturated rings. The smallest absolute Gasteiger partial charge is 0.338 e. The molecule has 0 spiro atoms. The van der Waals surface area contributed by atoms with E-state index in [1.165, 1.54) is 28.6 Å². The Bertz CT molecular complexity index is 547. The molecule has 1 rings (SSSR count). The molecule has 0 aliphatic heterocycles. The quantitative estimate of drug-likeness (QED) is 0.730. The SMILES string of the molecule is CCCN(CCO)S(=O)(=O)c1ccc(C(=O)OCC)cc1. The summed E-state index contributed by atoms with van der Waals surface area (Å²) in [5.74, 6) is -0.484. The highest BCUT2D eigenvalue weighted by atomic mass is 32.2. The fraction of sp³-hybridized carbons (Fsp3) is 0.500. The standard InChI is InChI=1S/C14H21NO5S/c1-3-9-15(10-11-16)21(18,19)13-7-5-12(6-8-13)14(17)20-4-2/h5-8,16H,3-4,9-11H2,1-2H3. The molecule has 0 saturated heterocycles. The average molecular weight is 315 g/mol. The number of carbonyl (C=O) groups is 1. The largest absolute Gasteiger partial charge is 0.462 e. The van der Waals surface area contributed by atoms with Gasteiger partial charge in [-0.1, -0.05) is 6.92 Å². The lowest BCUT2D eigenvalue weighted by Crippen LogP contribution is -2.34. The maximum atomic E-state index is 12.4. The van der Waals surface area contributed by atoms with E-state index in [1.807, 2.05) is 6.92 Å². The summed E-state index contributed by atoms with van der Waals surface area (Å²) in [5, 5.41) is 8.98. The Kier molecular flexibility index (Phi) is 6.80. The lowest BCUT2D eigenvalue weighted by Gasteiger charge is -2.20. The molecule has 118 valence electrons. The summed E-state index contributed by atoms with van der Waals surface area (Å²) >= 11 is 0. The van der Waals surface area contributed by atoms with Crippen molar-refractivity contribution < 1.29 is 23.1 Å². The number of ether oxygens (including phenoxy) is 1. The van der Waals surface area contributed by atoms with E-state index in [4.69, 9.17) is 9.84 Å². The monoisotopic (exact) mass is 315 g/mol. The van der Waals surface area contributed by atoms with Crippen molar-refractivity contribution in [3.8, 4) is 0 Å². The van der Waals surface area contributed by atoms with Crippen molar-refractivity contribution >= 4 is 16.0 Å². The second-order valence-corrected chi connectivity index (χ2v) is 6.31. The zero-order valence-electron chi connectivity index (χ0n) is 12.3. The first kappa shape index (κ1) is 17.6.